The van der Waals surface area contributed by atoms with Crippen molar-refractivity contribution in [3.05, 3.63) is 16.6 Å². The molecule has 0 aliphatic carbocycles. The molecule has 0 saturated carbocycles. The molecule has 0 fully saturated rings. The van der Waals surface area contributed by atoms with Crippen LogP contribution in [-0.2, 0) is 7.05 Å². The van der Waals surface area contributed by atoms with Gasteiger partial charge >= 0.3 is 0 Å². The predicted octanol–water partition coefficient (Wildman–Crippen LogP) is 1.05. The minimum atomic E-state index is 0.174. The van der Waals surface area contributed by atoms with E-state index >= 15 is 0 Å². The molecule has 0 spiro atoms. The summed E-state index contributed by atoms with van der Waals surface area (Å²) in [5.74, 6) is 0.486. The van der Waals surface area contributed by atoms with Crippen molar-refractivity contribution in [2.45, 2.75) is 0 Å². The van der Waals surface area contributed by atoms with Gasteiger partial charge in [0.25, 0.3) is 0 Å². The summed E-state index contributed by atoms with van der Waals surface area (Å²) in [6.07, 6.45) is 1.94. The number of aldehydes is 1. The highest BCUT2D eigenvalue weighted by Gasteiger charge is 2.15. The summed E-state index contributed by atoms with van der Waals surface area (Å²) in [6.45, 7) is 0. The molecule has 0 amide bonds. The lowest BCUT2D eigenvalue weighted by atomic mass is 10.5. The number of aryl methyl sites for hydroxylation is 1. The topological polar surface area (TPSA) is 73.8 Å². The Bertz CT molecular complexity index is 456. The molecule has 0 unspecified atom stereocenters. The summed E-state index contributed by atoms with van der Waals surface area (Å²) in [5.41, 5.74) is 0.595. The number of nitrogens with zero attached hydrogens (tertiary/aromatic N) is 4. The van der Waals surface area contributed by atoms with Gasteiger partial charge < -0.3 is 4.42 Å². The number of carbonyl (C=O) groups excluding carboxylic acids is 1. The molecule has 7 heteroatoms. The Kier molecular flexibility index (Phi) is 2.16. The molecule has 6 nitrogen and oxygen atoms in total. The number of halogens is 1. The molecule has 2 rings (SSSR count). The maximum atomic E-state index is 10.4. The van der Waals surface area contributed by atoms with E-state index in [0.717, 1.165) is 0 Å². The van der Waals surface area contributed by atoms with E-state index in [1.807, 2.05) is 0 Å². The van der Waals surface area contributed by atoms with Crippen LogP contribution in [0.4, 0.5) is 0 Å². The van der Waals surface area contributed by atoms with Gasteiger partial charge in [0.05, 0.1) is 6.20 Å². The molecule has 0 atom stereocenters. The van der Waals surface area contributed by atoms with Crippen molar-refractivity contribution in [2.24, 2.45) is 7.05 Å². The van der Waals surface area contributed by atoms with Gasteiger partial charge in [0.15, 0.2) is 22.3 Å². The Hall–Kier alpha value is -1.50. The first kappa shape index (κ1) is 9.07. The third-order valence-corrected chi connectivity index (χ3v) is 2.16. The highest BCUT2D eigenvalue weighted by atomic mass is 79.9. The van der Waals surface area contributed by atoms with Crippen LogP contribution >= 0.6 is 15.9 Å². The van der Waals surface area contributed by atoms with E-state index in [1.165, 1.54) is 10.9 Å². The van der Waals surface area contributed by atoms with Gasteiger partial charge in [-0.05, 0) is 15.9 Å². The number of carbonyl (C=O) groups is 1. The normalized spacial score (nSPS) is 10.4. The fourth-order valence-electron chi connectivity index (χ4n) is 1.01. The number of rotatable bonds is 2. The van der Waals surface area contributed by atoms with Crippen molar-refractivity contribution >= 4 is 22.2 Å². The monoisotopic (exact) mass is 256 g/mol. The SMILES string of the molecule is Cn1nnc(Br)c1-c1ncc(C=O)o1. The molecule has 0 N–H and O–H groups in total. The van der Waals surface area contributed by atoms with Crippen LogP contribution in [0.5, 0.6) is 0 Å². The third-order valence-electron chi connectivity index (χ3n) is 1.63. The van der Waals surface area contributed by atoms with Gasteiger partial charge in [-0.2, -0.15) is 0 Å². The highest BCUT2D eigenvalue weighted by Crippen LogP contribution is 2.24. The number of hydrogen-bond acceptors (Lipinski definition) is 5. The second-order valence-electron chi connectivity index (χ2n) is 2.54. The van der Waals surface area contributed by atoms with Gasteiger partial charge in [-0.1, -0.05) is 5.21 Å². The lowest BCUT2D eigenvalue weighted by Crippen LogP contribution is -1.93. The average molecular weight is 257 g/mol. The summed E-state index contributed by atoms with van der Waals surface area (Å²) in [7, 11) is 1.71. The molecule has 72 valence electrons. The first-order valence-corrected chi connectivity index (χ1v) is 4.48. The molecule has 0 bridgehead atoms. The molecular formula is C7H5BrN4O2. The summed E-state index contributed by atoms with van der Waals surface area (Å²) in [6, 6.07) is 0. The maximum absolute atomic E-state index is 10.4. The molecule has 0 aliphatic rings. The van der Waals surface area contributed by atoms with E-state index in [4.69, 9.17) is 4.42 Å². The smallest absolute Gasteiger partial charge is 0.248 e. The Labute approximate surface area is 87.1 Å². The molecule has 0 aromatic carbocycles. The standard InChI is InChI=1S/C7H5BrN4O2/c1-12-5(6(8)10-11-12)7-9-2-4(3-13)14-7/h2-3H,1H3. The van der Waals surface area contributed by atoms with Crippen LogP contribution in [0.2, 0.25) is 0 Å². The zero-order chi connectivity index (χ0) is 10.1. The average Bonchev–Trinajstić information content (AvgIpc) is 2.73. The summed E-state index contributed by atoms with van der Waals surface area (Å²) in [5, 5.41) is 7.53. The van der Waals surface area contributed by atoms with Gasteiger partial charge in [-0.15, -0.1) is 5.10 Å². The van der Waals surface area contributed by atoms with Crippen molar-refractivity contribution in [1.82, 2.24) is 20.0 Å². The Morgan fingerprint density at radius 2 is 2.43 bits per heavy atom. The minimum absolute atomic E-state index is 0.174. The van der Waals surface area contributed by atoms with Crippen molar-refractivity contribution in [3.63, 3.8) is 0 Å². The van der Waals surface area contributed by atoms with E-state index in [9.17, 15) is 4.79 Å². The van der Waals surface area contributed by atoms with Crippen LogP contribution in [-0.4, -0.2) is 26.3 Å². The van der Waals surface area contributed by atoms with Gasteiger partial charge in [-0.3, -0.25) is 4.79 Å². The fourth-order valence-corrected chi connectivity index (χ4v) is 1.51. The van der Waals surface area contributed by atoms with Crippen LogP contribution in [0.3, 0.4) is 0 Å². The lowest BCUT2D eigenvalue weighted by Gasteiger charge is -1.93. The summed E-state index contributed by atoms with van der Waals surface area (Å²) < 4.78 is 7.16. The van der Waals surface area contributed by atoms with Gasteiger partial charge in [0.1, 0.15) is 0 Å². The first-order chi connectivity index (χ1) is 6.72. The number of hydrogen-bond donors (Lipinski definition) is 0. The van der Waals surface area contributed by atoms with Crippen molar-refractivity contribution in [3.8, 4) is 11.6 Å². The Morgan fingerprint density at radius 3 is 2.93 bits per heavy atom. The van der Waals surface area contributed by atoms with Gasteiger partial charge in [0, 0.05) is 7.05 Å². The van der Waals surface area contributed by atoms with Crippen molar-refractivity contribution < 1.29 is 9.21 Å². The molecule has 2 aromatic heterocycles. The van der Waals surface area contributed by atoms with E-state index < -0.39 is 0 Å². The Balaban J connectivity index is 2.53. The largest absolute Gasteiger partial charge is 0.432 e. The second kappa shape index (κ2) is 3.33. The summed E-state index contributed by atoms with van der Waals surface area (Å²) >= 11 is 3.20. The van der Waals surface area contributed by atoms with E-state index in [1.54, 1.807) is 7.05 Å². The third kappa shape index (κ3) is 1.35. The van der Waals surface area contributed by atoms with Crippen LogP contribution < -0.4 is 0 Å². The molecule has 0 radical (unpaired) electrons. The molecule has 0 saturated heterocycles. The van der Waals surface area contributed by atoms with Crippen molar-refractivity contribution in [1.29, 1.82) is 0 Å². The quantitative estimate of drug-likeness (QED) is 0.751. The zero-order valence-corrected chi connectivity index (χ0v) is 8.72. The minimum Gasteiger partial charge on any atom is -0.432 e. The molecule has 2 heterocycles. The summed E-state index contributed by atoms with van der Waals surface area (Å²) in [4.78, 5) is 14.3. The first-order valence-electron chi connectivity index (χ1n) is 3.69. The second-order valence-corrected chi connectivity index (χ2v) is 3.29. The highest BCUT2D eigenvalue weighted by molar-refractivity contribution is 9.10. The van der Waals surface area contributed by atoms with Crippen LogP contribution in [0, 0.1) is 0 Å². The molecule has 2 aromatic rings. The number of aromatic nitrogens is 4. The van der Waals surface area contributed by atoms with Gasteiger partial charge in [0.2, 0.25) is 5.89 Å². The predicted molar refractivity (Wildman–Crippen MR) is 49.6 cm³/mol. The van der Waals surface area contributed by atoms with Gasteiger partial charge in [-0.25, -0.2) is 9.67 Å². The van der Waals surface area contributed by atoms with Crippen LogP contribution in [0.15, 0.2) is 15.2 Å². The van der Waals surface area contributed by atoms with E-state index in [-0.39, 0.29) is 5.76 Å². The van der Waals surface area contributed by atoms with E-state index in [0.29, 0.717) is 22.5 Å². The van der Waals surface area contributed by atoms with Crippen LogP contribution in [0.25, 0.3) is 11.6 Å². The molecule has 14 heavy (non-hydrogen) atoms. The molecular weight excluding hydrogens is 252 g/mol. The lowest BCUT2D eigenvalue weighted by molar-refractivity contribution is 0.110. The Morgan fingerprint density at radius 1 is 1.64 bits per heavy atom. The maximum Gasteiger partial charge on any atom is 0.248 e. The number of oxazole rings is 1. The molecule has 0 aliphatic heterocycles. The van der Waals surface area contributed by atoms with Crippen LogP contribution in [0.1, 0.15) is 10.6 Å². The van der Waals surface area contributed by atoms with E-state index in [2.05, 4.69) is 31.2 Å². The van der Waals surface area contributed by atoms with Crippen molar-refractivity contribution in [2.75, 3.05) is 0 Å². The zero-order valence-electron chi connectivity index (χ0n) is 7.14. The fraction of sp³-hybridized carbons (Fsp3) is 0.143.